The van der Waals surface area contributed by atoms with Crippen LogP contribution in [-0.4, -0.2) is 17.0 Å². The highest BCUT2D eigenvalue weighted by Gasteiger charge is 2.16. The first-order valence-electron chi connectivity index (χ1n) is 7.06. The van der Waals surface area contributed by atoms with Crippen LogP contribution < -0.4 is 10.8 Å². The van der Waals surface area contributed by atoms with E-state index >= 15 is 0 Å². The van der Waals surface area contributed by atoms with Gasteiger partial charge in [-0.15, -0.1) is 0 Å². The van der Waals surface area contributed by atoms with Crippen LogP contribution in [0.4, 0.5) is 11.4 Å². The average Bonchev–Trinajstić information content (AvgIpc) is 2.88. The Kier molecular flexibility index (Phi) is 3.65. The van der Waals surface area contributed by atoms with Crippen molar-refractivity contribution in [3.63, 3.8) is 0 Å². The topological polar surface area (TPSA) is 73.7 Å². The van der Waals surface area contributed by atoms with E-state index in [1.807, 2.05) is 6.07 Å². The van der Waals surface area contributed by atoms with Crippen molar-refractivity contribution in [2.45, 2.75) is 20.3 Å². The fraction of sp³-hybridized carbons (Fsp3) is 0.176. The number of rotatable bonds is 2. The van der Waals surface area contributed by atoms with E-state index in [2.05, 4.69) is 36.3 Å². The van der Waals surface area contributed by atoms with Crippen LogP contribution >= 0.6 is 0 Å². The highest BCUT2D eigenvalue weighted by Crippen LogP contribution is 2.30. The van der Waals surface area contributed by atoms with Crippen molar-refractivity contribution in [2.75, 3.05) is 5.32 Å². The number of hydroxylamine groups is 1. The minimum Gasteiger partial charge on any atom is -0.343 e. The average molecular weight is 295 g/mol. The second-order valence-corrected chi connectivity index (χ2v) is 5.45. The molecule has 0 spiro atoms. The zero-order valence-electron chi connectivity index (χ0n) is 12.5. The molecule has 0 saturated heterocycles. The maximum Gasteiger partial charge on any atom is 0.274 e. The number of aliphatic imine (C=N–C) groups is 1. The Morgan fingerprint density at radius 1 is 1.18 bits per heavy atom. The highest BCUT2D eigenvalue weighted by molar-refractivity contribution is 6.03. The van der Waals surface area contributed by atoms with E-state index in [9.17, 15) is 4.79 Å². The van der Waals surface area contributed by atoms with Crippen molar-refractivity contribution in [3.8, 4) is 0 Å². The van der Waals surface area contributed by atoms with Crippen LogP contribution in [-0.2, 0) is 6.42 Å². The molecule has 0 atom stereocenters. The first-order chi connectivity index (χ1) is 10.6. The molecular weight excluding hydrogens is 278 g/mol. The van der Waals surface area contributed by atoms with Crippen LogP contribution in [0.15, 0.2) is 41.4 Å². The van der Waals surface area contributed by atoms with E-state index in [4.69, 9.17) is 5.21 Å². The monoisotopic (exact) mass is 295 g/mol. The summed E-state index contributed by atoms with van der Waals surface area (Å²) in [4.78, 5) is 16.0. The second-order valence-electron chi connectivity index (χ2n) is 5.45. The van der Waals surface area contributed by atoms with E-state index in [0.29, 0.717) is 5.56 Å². The summed E-state index contributed by atoms with van der Waals surface area (Å²) in [5.41, 5.74) is 7.47. The fourth-order valence-corrected chi connectivity index (χ4v) is 2.51. The van der Waals surface area contributed by atoms with Gasteiger partial charge in [0.15, 0.2) is 0 Å². The zero-order valence-corrected chi connectivity index (χ0v) is 12.5. The predicted molar refractivity (Wildman–Crippen MR) is 86.0 cm³/mol. The number of anilines is 1. The predicted octanol–water partition coefficient (Wildman–Crippen LogP) is 3.12. The number of amides is 1. The summed E-state index contributed by atoms with van der Waals surface area (Å²) < 4.78 is 0. The Morgan fingerprint density at radius 3 is 2.73 bits per heavy atom. The number of carbonyl (C=O) groups is 1. The van der Waals surface area contributed by atoms with Gasteiger partial charge >= 0.3 is 0 Å². The van der Waals surface area contributed by atoms with Gasteiger partial charge in [-0.05, 0) is 54.8 Å². The SMILES string of the molecule is Cc1cc2c(cc1C)N=C(Nc1cccc(C(=O)NO)c1)C2. The molecule has 5 heteroatoms. The van der Waals surface area contributed by atoms with Gasteiger partial charge in [0.1, 0.15) is 5.84 Å². The molecule has 0 bridgehead atoms. The number of nitrogens with zero attached hydrogens (tertiary/aromatic N) is 1. The van der Waals surface area contributed by atoms with Crippen LogP contribution in [0.3, 0.4) is 0 Å². The summed E-state index contributed by atoms with van der Waals surface area (Å²) in [7, 11) is 0. The number of hydrogen-bond donors (Lipinski definition) is 3. The Labute approximate surface area is 128 Å². The second kappa shape index (κ2) is 5.61. The smallest absolute Gasteiger partial charge is 0.274 e. The van der Waals surface area contributed by atoms with Crippen LogP contribution in [0.5, 0.6) is 0 Å². The summed E-state index contributed by atoms with van der Waals surface area (Å²) in [6.07, 6.45) is 0.743. The van der Waals surface area contributed by atoms with Crippen molar-refractivity contribution in [2.24, 2.45) is 4.99 Å². The first kappa shape index (κ1) is 14.3. The van der Waals surface area contributed by atoms with Gasteiger partial charge in [-0.2, -0.15) is 0 Å². The lowest BCUT2D eigenvalue weighted by molar-refractivity contribution is 0.0706. The molecule has 22 heavy (non-hydrogen) atoms. The van der Waals surface area contributed by atoms with Gasteiger partial charge in [0.2, 0.25) is 0 Å². The number of fused-ring (bicyclic) bond motifs is 1. The van der Waals surface area contributed by atoms with Crippen LogP contribution in [0.25, 0.3) is 0 Å². The molecule has 5 nitrogen and oxygen atoms in total. The Morgan fingerprint density at radius 2 is 1.95 bits per heavy atom. The molecule has 0 saturated carbocycles. The molecule has 1 aliphatic heterocycles. The summed E-state index contributed by atoms with van der Waals surface area (Å²) in [5, 5.41) is 11.9. The van der Waals surface area contributed by atoms with Crippen molar-refractivity contribution in [1.82, 2.24) is 5.48 Å². The van der Waals surface area contributed by atoms with Gasteiger partial charge in [-0.3, -0.25) is 10.0 Å². The van der Waals surface area contributed by atoms with Crippen molar-refractivity contribution in [3.05, 3.63) is 58.7 Å². The molecule has 2 aromatic rings. The Hall–Kier alpha value is -2.66. The summed E-state index contributed by atoms with van der Waals surface area (Å²) in [5.74, 6) is 0.313. The number of aryl methyl sites for hydroxylation is 2. The van der Waals surface area contributed by atoms with E-state index in [1.165, 1.54) is 16.7 Å². The lowest BCUT2D eigenvalue weighted by Gasteiger charge is -2.07. The van der Waals surface area contributed by atoms with Crippen LogP contribution in [0.2, 0.25) is 0 Å². The summed E-state index contributed by atoms with van der Waals surface area (Å²) >= 11 is 0. The van der Waals surface area contributed by atoms with Crippen molar-refractivity contribution >= 4 is 23.1 Å². The lowest BCUT2D eigenvalue weighted by Crippen LogP contribution is -2.19. The lowest BCUT2D eigenvalue weighted by atomic mass is 10.0. The molecule has 1 heterocycles. The number of carbonyl (C=O) groups excluding carboxylic acids is 1. The maximum absolute atomic E-state index is 11.4. The molecule has 2 aromatic carbocycles. The highest BCUT2D eigenvalue weighted by atomic mass is 16.5. The van der Waals surface area contributed by atoms with Gasteiger partial charge in [0.05, 0.1) is 5.69 Å². The van der Waals surface area contributed by atoms with Crippen LogP contribution in [0.1, 0.15) is 27.0 Å². The largest absolute Gasteiger partial charge is 0.343 e. The summed E-state index contributed by atoms with van der Waals surface area (Å²) in [6, 6.07) is 11.2. The van der Waals surface area contributed by atoms with E-state index in [1.54, 1.807) is 23.7 Å². The van der Waals surface area contributed by atoms with E-state index in [-0.39, 0.29) is 0 Å². The fourth-order valence-electron chi connectivity index (χ4n) is 2.51. The molecule has 3 N–H and O–H groups in total. The zero-order chi connectivity index (χ0) is 15.7. The van der Waals surface area contributed by atoms with Gasteiger partial charge in [0, 0.05) is 17.7 Å². The number of amidine groups is 1. The minimum absolute atomic E-state index is 0.385. The van der Waals surface area contributed by atoms with Crippen molar-refractivity contribution < 1.29 is 10.0 Å². The first-order valence-corrected chi connectivity index (χ1v) is 7.06. The number of nitrogens with one attached hydrogen (secondary N) is 2. The van der Waals surface area contributed by atoms with Gasteiger partial charge in [0.25, 0.3) is 5.91 Å². The molecule has 0 radical (unpaired) electrons. The number of hydrogen-bond acceptors (Lipinski definition) is 4. The van der Waals surface area contributed by atoms with Gasteiger partial charge in [-0.1, -0.05) is 12.1 Å². The number of benzene rings is 2. The normalized spacial score (nSPS) is 12.6. The van der Waals surface area contributed by atoms with E-state index in [0.717, 1.165) is 23.6 Å². The Balaban J connectivity index is 1.81. The molecule has 0 unspecified atom stereocenters. The maximum atomic E-state index is 11.4. The molecule has 0 aromatic heterocycles. The van der Waals surface area contributed by atoms with Gasteiger partial charge < -0.3 is 5.32 Å². The van der Waals surface area contributed by atoms with E-state index < -0.39 is 5.91 Å². The molecule has 112 valence electrons. The molecular formula is C17H17N3O2. The van der Waals surface area contributed by atoms with Crippen molar-refractivity contribution in [1.29, 1.82) is 0 Å². The molecule has 0 fully saturated rings. The Bertz CT molecular complexity index is 781. The standard InChI is InChI=1S/C17H17N3O2/c1-10-6-13-9-16(19-15(13)7-11(10)2)18-14-5-3-4-12(8-14)17(21)20-22/h3-8,22H,9H2,1-2H3,(H,18,19)(H,20,21). The quantitative estimate of drug-likeness (QED) is 0.588. The third-order valence-electron chi connectivity index (χ3n) is 3.82. The molecule has 0 aliphatic carbocycles. The third kappa shape index (κ3) is 2.71. The van der Waals surface area contributed by atoms with Crippen LogP contribution in [0, 0.1) is 13.8 Å². The minimum atomic E-state index is -0.536. The third-order valence-corrected chi connectivity index (χ3v) is 3.82. The van der Waals surface area contributed by atoms with Gasteiger partial charge in [-0.25, -0.2) is 10.5 Å². The molecule has 1 amide bonds. The summed E-state index contributed by atoms with van der Waals surface area (Å²) in [6.45, 7) is 4.17. The molecule has 1 aliphatic rings. The molecule has 3 rings (SSSR count).